The van der Waals surface area contributed by atoms with Crippen LogP contribution >= 0.6 is 11.6 Å². The average Bonchev–Trinajstić information content (AvgIpc) is 2.19. The fourth-order valence-corrected chi connectivity index (χ4v) is 1.08. The van der Waals surface area contributed by atoms with E-state index in [0.717, 1.165) is 16.3 Å². The topological polar surface area (TPSA) is 33.0 Å². The van der Waals surface area contributed by atoms with Crippen LogP contribution in [0.5, 0.6) is 5.75 Å². The van der Waals surface area contributed by atoms with Gasteiger partial charge in [0.05, 0.1) is 12.0 Å². The maximum atomic E-state index is 8.56. The third-order valence-corrected chi connectivity index (χ3v) is 2.27. The molecule has 0 aliphatic rings. The van der Waals surface area contributed by atoms with Crippen LogP contribution in [0.4, 0.5) is 0 Å². The summed E-state index contributed by atoms with van der Waals surface area (Å²) in [5, 5.41) is 9.29. The first-order valence-corrected chi connectivity index (χ1v) is 4.80. The molecule has 0 saturated heterocycles. The zero-order valence-electron chi connectivity index (χ0n) is 8.25. The van der Waals surface area contributed by atoms with Gasteiger partial charge in [0.15, 0.2) is 0 Å². The van der Waals surface area contributed by atoms with Gasteiger partial charge in [-0.25, -0.2) is 0 Å². The molecule has 74 valence electrons. The van der Waals surface area contributed by atoms with Crippen molar-refractivity contribution in [1.82, 2.24) is 0 Å². The Bertz CT molecular complexity index is 357. The van der Waals surface area contributed by atoms with Gasteiger partial charge in [0.2, 0.25) is 0 Å². The van der Waals surface area contributed by atoms with E-state index >= 15 is 0 Å². The van der Waals surface area contributed by atoms with E-state index in [0.29, 0.717) is 6.61 Å². The van der Waals surface area contributed by atoms with Gasteiger partial charge in [0.1, 0.15) is 12.4 Å². The Hall–Kier alpha value is -1.20. The highest BCUT2D eigenvalue weighted by atomic mass is 35.5. The van der Waals surface area contributed by atoms with Crippen LogP contribution in [0.1, 0.15) is 12.5 Å². The normalized spacial score (nSPS) is 11.9. The van der Waals surface area contributed by atoms with Crippen LogP contribution in [0.15, 0.2) is 18.2 Å². The van der Waals surface area contributed by atoms with Gasteiger partial charge in [-0.15, -0.1) is 0 Å². The largest absolute Gasteiger partial charge is 0.492 e. The molecule has 2 nitrogen and oxygen atoms in total. The minimum absolute atomic E-state index is 0.0917. The third kappa shape index (κ3) is 2.93. The first kappa shape index (κ1) is 10.9. The predicted octanol–water partition coefficient (Wildman–Crippen LogP) is 3.19. The summed E-state index contributed by atoms with van der Waals surface area (Å²) in [5.74, 6) is 0.667. The number of halogens is 1. The lowest BCUT2D eigenvalue weighted by atomic mass is 10.2. The van der Waals surface area contributed by atoms with E-state index in [1.54, 1.807) is 12.1 Å². The van der Waals surface area contributed by atoms with Gasteiger partial charge < -0.3 is 4.74 Å². The molecule has 0 spiro atoms. The highest BCUT2D eigenvalue weighted by Gasteiger charge is 2.02. The van der Waals surface area contributed by atoms with Crippen molar-refractivity contribution in [2.75, 3.05) is 6.61 Å². The Morgan fingerprint density at radius 3 is 2.86 bits per heavy atom. The van der Waals surface area contributed by atoms with Crippen molar-refractivity contribution >= 4 is 11.6 Å². The number of ether oxygens (including phenoxy) is 1. The van der Waals surface area contributed by atoms with Crippen molar-refractivity contribution in [2.45, 2.75) is 13.8 Å². The van der Waals surface area contributed by atoms with Crippen molar-refractivity contribution in [3.05, 3.63) is 28.8 Å². The van der Waals surface area contributed by atoms with Gasteiger partial charge >= 0.3 is 0 Å². The molecular formula is C11H12ClNO. The molecule has 0 aliphatic heterocycles. The summed E-state index contributed by atoms with van der Waals surface area (Å²) >= 11 is 5.86. The molecule has 0 aliphatic carbocycles. The second-order valence-corrected chi connectivity index (χ2v) is 3.66. The number of benzene rings is 1. The third-order valence-electron chi connectivity index (χ3n) is 1.85. The molecule has 0 amide bonds. The predicted molar refractivity (Wildman–Crippen MR) is 56.5 cm³/mol. The van der Waals surface area contributed by atoms with E-state index in [9.17, 15) is 0 Å². The molecule has 0 fully saturated rings. The molecule has 0 saturated carbocycles. The second-order valence-electron chi connectivity index (χ2n) is 3.25. The molecule has 0 bridgehead atoms. The van der Waals surface area contributed by atoms with Gasteiger partial charge in [-0.2, -0.15) is 5.26 Å². The SMILES string of the molecule is Cc1cc(OCC(C)C#N)ccc1Cl. The molecule has 0 N–H and O–H groups in total. The molecule has 1 rings (SSSR count). The summed E-state index contributed by atoms with van der Waals surface area (Å²) in [4.78, 5) is 0. The zero-order chi connectivity index (χ0) is 10.6. The average molecular weight is 210 g/mol. The lowest BCUT2D eigenvalue weighted by Gasteiger charge is -2.08. The molecular weight excluding hydrogens is 198 g/mol. The summed E-state index contributed by atoms with van der Waals surface area (Å²) in [6.45, 7) is 4.16. The number of nitriles is 1. The van der Waals surface area contributed by atoms with Crippen molar-refractivity contribution in [3.63, 3.8) is 0 Å². The molecule has 0 radical (unpaired) electrons. The van der Waals surface area contributed by atoms with Crippen LogP contribution in [0.2, 0.25) is 5.02 Å². The van der Waals surface area contributed by atoms with E-state index in [1.807, 2.05) is 19.9 Å². The summed E-state index contributed by atoms with van der Waals surface area (Å²) in [7, 11) is 0. The smallest absolute Gasteiger partial charge is 0.119 e. The molecule has 0 heterocycles. The van der Waals surface area contributed by atoms with Crippen molar-refractivity contribution in [1.29, 1.82) is 5.26 Å². The van der Waals surface area contributed by atoms with Crippen molar-refractivity contribution in [3.8, 4) is 11.8 Å². The summed E-state index contributed by atoms with van der Waals surface area (Å²) in [6.07, 6.45) is 0. The monoisotopic (exact) mass is 209 g/mol. The van der Waals surface area contributed by atoms with E-state index in [4.69, 9.17) is 21.6 Å². The Morgan fingerprint density at radius 1 is 1.57 bits per heavy atom. The first-order valence-electron chi connectivity index (χ1n) is 4.42. The maximum Gasteiger partial charge on any atom is 0.119 e. The Balaban J connectivity index is 2.61. The van der Waals surface area contributed by atoms with E-state index in [1.165, 1.54) is 0 Å². The van der Waals surface area contributed by atoms with E-state index < -0.39 is 0 Å². The van der Waals surface area contributed by atoms with Gasteiger partial charge in [-0.3, -0.25) is 0 Å². The Labute approximate surface area is 89.1 Å². The number of hydrogen-bond donors (Lipinski definition) is 0. The van der Waals surface area contributed by atoms with Crippen LogP contribution in [-0.4, -0.2) is 6.61 Å². The van der Waals surface area contributed by atoms with Crippen molar-refractivity contribution < 1.29 is 4.74 Å². The fraction of sp³-hybridized carbons (Fsp3) is 0.364. The summed E-state index contributed by atoms with van der Waals surface area (Å²) in [6, 6.07) is 7.58. The summed E-state index contributed by atoms with van der Waals surface area (Å²) < 4.78 is 5.41. The fourth-order valence-electron chi connectivity index (χ4n) is 0.965. The molecule has 3 heteroatoms. The van der Waals surface area contributed by atoms with Crippen LogP contribution in [0.3, 0.4) is 0 Å². The highest BCUT2D eigenvalue weighted by Crippen LogP contribution is 2.21. The Kier molecular flexibility index (Phi) is 3.79. The molecule has 1 aromatic carbocycles. The maximum absolute atomic E-state index is 8.56. The van der Waals surface area contributed by atoms with E-state index in [-0.39, 0.29) is 5.92 Å². The number of rotatable bonds is 3. The van der Waals surface area contributed by atoms with Gasteiger partial charge in [0.25, 0.3) is 0 Å². The Morgan fingerprint density at radius 2 is 2.29 bits per heavy atom. The number of nitrogens with zero attached hydrogens (tertiary/aromatic N) is 1. The van der Waals surface area contributed by atoms with Crippen LogP contribution < -0.4 is 4.74 Å². The zero-order valence-corrected chi connectivity index (χ0v) is 9.01. The second kappa shape index (κ2) is 4.88. The molecule has 14 heavy (non-hydrogen) atoms. The highest BCUT2D eigenvalue weighted by molar-refractivity contribution is 6.31. The summed E-state index contributed by atoms with van der Waals surface area (Å²) in [5.41, 5.74) is 0.980. The lowest BCUT2D eigenvalue weighted by Crippen LogP contribution is -2.06. The molecule has 1 aromatic rings. The van der Waals surface area contributed by atoms with Crippen LogP contribution in [0, 0.1) is 24.2 Å². The minimum Gasteiger partial charge on any atom is -0.492 e. The van der Waals surface area contributed by atoms with E-state index in [2.05, 4.69) is 6.07 Å². The molecule has 1 atom stereocenters. The van der Waals surface area contributed by atoms with Crippen LogP contribution in [-0.2, 0) is 0 Å². The van der Waals surface area contributed by atoms with Gasteiger partial charge in [0, 0.05) is 5.02 Å². The standard InChI is InChI=1S/C11H12ClNO/c1-8(6-13)7-14-10-3-4-11(12)9(2)5-10/h3-5,8H,7H2,1-2H3. The van der Waals surface area contributed by atoms with Crippen molar-refractivity contribution in [2.24, 2.45) is 5.92 Å². The minimum atomic E-state index is -0.0917. The van der Waals surface area contributed by atoms with Gasteiger partial charge in [-0.05, 0) is 37.6 Å². The first-order chi connectivity index (χ1) is 6.63. The number of hydrogen-bond acceptors (Lipinski definition) is 2. The lowest BCUT2D eigenvalue weighted by molar-refractivity contribution is 0.288. The van der Waals surface area contributed by atoms with Gasteiger partial charge in [-0.1, -0.05) is 11.6 Å². The molecule has 0 aromatic heterocycles. The number of aryl methyl sites for hydroxylation is 1. The van der Waals surface area contributed by atoms with Crippen LogP contribution in [0.25, 0.3) is 0 Å². The molecule has 1 unspecified atom stereocenters. The quantitative estimate of drug-likeness (QED) is 0.766.